The van der Waals surface area contributed by atoms with E-state index < -0.39 is 21.8 Å². The van der Waals surface area contributed by atoms with Crippen molar-refractivity contribution in [1.82, 2.24) is 0 Å². The van der Waals surface area contributed by atoms with Crippen molar-refractivity contribution in [2.75, 3.05) is 0 Å². The minimum atomic E-state index is -6.00. The first-order valence-corrected chi connectivity index (χ1v) is 2.62. The Hall–Kier alpha value is 0.835. The monoisotopic (exact) mass is 365 g/mol. The zero-order valence-electron chi connectivity index (χ0n) is 6.68. The van der Waals surface area contributed by atoms with E-state index in [1.807, 2.05) is 0 Å². The van der Waals surface area contributed by atoms with Crippen molar-refractivity contribution in [2.45, 2.75) is 0 Å². The van der Waals surface area contributed by atoms with Crippen molar-refractivity contribution in [3.8, 4) is 0 Å². The normalized spacial score (nSPS) is 10.6. The van der Waals surface area contributed by atoms with Crippen molar-refractivity contribution in [1.29, 1.82) is 0 Å². The number of hydrogen-bond acceptors (Lipinski definition) is 0. The molecule has 0 saturated heterocycles. The molecule has 0 aliphatic carbocycles. The average Bonchev–Trinajstić information content (AvgIpc) is 1.41. The first-order chi connectivity index (χ1) is 6.00. The second-order valence-electron chi connectivity index (χ2n) is 1.48. The van der Waals surface area contributed by atoms with Gasteiger partial charge in [0, 0.05) is 0 Å². The molecule has 0 heterocycles. The molecule has 0 aromatic carbocycles. The van der Waals surface area contributed by atoms with E-state index in [2.05, 4.69) is 0 Å². The Bertz CT molecular complexity index is 96.8. The van der Waals surface area contributed by atoms with Crippen LogP contribution in [0.3, 0.4) is 0 Å². The maximum absolute atomic E-state index is 9.75. The van der Waals surface area contributed by atoms with Crippen LogP contribution in [0.4, 0.5) is 51.8 Å². The summed E-state index contributed by atoms with van der Waals surface area (Å²) in [6.07, 6.45) is 0. The van der Waals surface area contributed by atoms with Gasteiger partial charge in [0.2, 0.25) is 0 Å². The topological polar surface area (TPSA) is 0 Å². The van der Waals surface area contributed by atoms with E-state index in [-0.39, 0.29) is 46.5 Å². The fourth-order valence-corrected chi connectivity index (χ4v) is 0. The molecular weight excluding hydrogens is 363 g/mol. The molecule has 106 valence electrons. The van der Waals surface area contributed by atoms with Gasteiger partial charge in [0.1, 0.15) is 0 Å². The van der Waals surface area contributed by atoms with Gasteiger partial charge in [-0.05, 0) is 0 Å². The third-order valence-corrected chi connectivity index (χ3v) is 0. The van der Waals surface area contributed by atoms with Crippen LogP contribution in [0.25, 0.3) is 0 Å². The van der Waals surface area contributed by atoms with Gasteiger partial charge >= 0.3 is 51.3 Å². The molecule has 0 aromatic heterocycles. The van der Waals surface area contributed by atoms with Crippen LogP contribution in [0.15, 0.2) is 0 Å². The fourth-order valence-electron chi connectivity index (χ4n) is 0. The molecule has 0 rings (SSSR count). The zero-order valence-corrected chi connectivity index (χ0v) is 8.39. The molecule has 0 atom stereocenters. The Labute approximate surface area is 120 Å². The number of hydrogen-bond donors (Lipinski definition) is 0. The van der Waals surface area contributed by atoms with Crippen LogP contribution in [0.2, 0.25) is 0 Å². The molecule has 0 spiro atoms. The van der Waals surface area contributed by atoms with Crippen molar-refractivity contribution in [3.05, 3.63) is 0 Å². The molecule has 0 radical (unpaired) electrons. The van der Waals surface area contributed by atoms with Gasteiger partial charge in [0.15, 0.2) is 0 Å². The Morgan fingerprint density at radius 1 is 0.353 bits per heavy atom. The summed E-state index contributed by atoms with van der Waals surface area (Å²) in [5.74, 6) is 0. The molecule has 0 aliphatic rings. The Kier molecular flexibility index (Phi) is 21.5. The van der Waals surface area contributed by atoms with Gasteiger partial charge in [-0.15, -0.1) is 17.0 Å². The molecule has 0 amide bonds. The van der Waals surface area contributed by atoms with Gasteiger partial charge in [-0.2, -0.15) is 0 Å². The SMILES string of the molecule is Br.F[B-](F)(F)F.F[B-](F)(F)F.F[B-](F)(F)F.[NaH]. The van der Waals surface area contributed by atoms with Crippen LogP contribution >= 0.6 is 17.0 Å². The summed E-state index contributed by atoms with van der Waals surface area (Å²) in [4.78, 5) is 0. The average molecular weight is 365 g/mol. The van der Waals surface area contributed by atoms with Gasteiger partial charge in [-0.1, -0.05) is 0 Å². The molecule has 0 saturated carbocycles. The Morgan fingerprint density at radius 3 is 0.353 bits per heavy atom. The van der Waals surface area contributed by atoms with Gasteiger partial charge in [-0.3, -0.25) is 0 Å². The zero-order chi connectivity index (χ0) is 13.5. The molecule has 0 fully saturated rings. The van der Waals surface area contributed by atoms with Gasteiger partial charge in [0.05, 0.1) is 0 Å². The van der Waals surface area contributed by atoms with Crippen LogP contribution in [-0.2, 0) is 0 Å². The third kappa shape index (κ3) is 5320. The molecule has 0 aromatic rings. The minimum absolute atomic E-state index is 0. The predicted molar refractivity (Wildman–Crippen MR) is 48.0 cm³/mol. The fraction of sp³-hybridized carbons (Fsp3) is 0. The van der Waals surface area contributed by atoms with E-state index in [9.17, 15) is 51.8 Å². The van der Waals surface area contributed by atoms with Gasteiger partial charge in [-0.25, -0.2) is 0 Å². The van der Waals surface area contributed by atoms with Gasteiger partial charge < -0.3 is 51.8 Å². The number of rotatable bonds is 0. The van der Waals surface area contributed by atoms with E-state index in [0.29, 0.717) is 0 Å². The second kappa shape index (κ2) is 11.9. The molecule has 0 nitrogen and oxygen atoms in total. The second-order valence-corrected chi connectivity index (χ2v) is 1.48. The maximum atomic E-state index is 9.75. The van der Waals surface area contributed by atoms with Gasteiger partial charge in [0.25, 0.3) is 0 Å². The van der Waals surface area contributed by atoms with Crippen LogP contribution < -0.4 is 0 Å². The standard InChI is InChI=1S/3BF4.BrH.Na.H/c3*2-1(3,4)5;;;/h;;;1H;;/q3*-1;;;. The summed E-state index contributed by atoms with van der Waals surface area (Å²) >= 11 is 0. The first kappa shape index (κ1) is 30.7. The van der Waals surface area contributed by atoms with E-state index in [4.69, 9.17) is 0 Å². The summed E-state index contributed by atoms with van der Waals surface area (Å²) < 4.78 is 117. The van der Waals surface area contributed by atoms with Crippen LogP contribution in [0.1, 0.15) is 0 Å². The quantitative estimate of drug-likeness (QED) is 0.452. The van der Waals surface area contributed by atoms with Crippen LogP contribution in [-0.4, -0.2) is 51.3 Å². The molecule has 17 heteroatoms. The molecule has 0 unspecified atom stereocenters. The van der Waals surface area contributed by atoms with Crippen LogP contribution in [0, 0.1) is 0 Å². The molecule has 0 bridgehead atoms. The molecule has 0 aliphatic heterocycles. The summed E-state index contributed by atoms with van der Waals surface area (Å²) in [6, 6.07) is 0. The van der Waals surface area contributed by atoms with E-state index in [1.165, 1.54) is 0 Å². The summed E-state index contributed by atoms with van der Waals surface area (Å²) in [7, 11) is -18.0. The van der Waals surface area contributed by atoms with E-state index >= 15 is 0 Å². The van der Waals surface area contributed by atoms with Crippen molar-refractivity contribution in [3.63, 3.8) is 0 Å². The summed E-state index contributed by atoms with van der Waals surface area (Å²) in [5, 5.41) is 0. The van der Waals surface area contributed by atoms with Crippen LogP contribution in [0.5, 0.6) is 0 Å². The summed E-state index contributed by atoms with van der Waals surface area (Å²) in [5.41, 5.74) is 0. The third-order valence-electron chi connectivity index (χ3n) is 0. The molecule has 17 heavy (non-hydrogen) atoms. The molecular formula is H2B3BrF12Na-3. The Morgan fingerprint density at radius 2 is 0.353 bits per heavy atom. The molecule has 0 N–H and O–H groups in total. The first-order valence-electron chi connectivity index (χ1n) is 2.62. The van der Waals surface area contributed by atoms with E-state index in [0.717, 1.165) is 0 Å². The predicted octanol–water partition coefficient (Wildman–Crippen LogP) is 3.83. The van der Waals surface area contributed by atoms with Crippen molar-refractivity contribution in [2.24, 2.45) is 0 Å². The van der Waals surface area contributed by atoms with Crippen molar-refractivity contribution < 1.29 is 51.8 Å². The van der Waals surface area contributed by atoms with E-state index in [1.54, 1.807) is 0 Å². The Balaban J connectivity index is -0.0000000400. The summed E-state index contributed by atoms with van der Waals surface area (Å²) in [6.45, 7) is 0. The van der Waals surface area contributed by atoms with Crippen molar-refractivity contribution >= 4 is 68.3 Å². The number of halogens is 13.